The van der Waals surface area contributed by atoms with E-state index in [9.17, 15) is 9.59 Å². The van der Waals surface area contributed by atoms with Crippen molar-refractivity contribution in [2.24, 2.45) is 0 Å². The molecular weight excluding hydrogens is 398 g/mol. The first-order valence-electron chi connectivity index (χ1n) is 10.1. The normalized spacial score (nSPS) is 14.2. The van der Waals surface area contributed by atoms with Gasteiger partial charge in [-0.3, -0.25) is 9.59 Å². The molecule has 0 radical (unpaired) electrons. The number of ether oxygens (including phenoxy) is 1. The minimum atomic E-state index is -0.300. The van der Waals surface area contributed by atoms with Crippen LogP contribution in [-0.2, 0) is 6.54 Å². The lowest BCUT2D eigenvalue weighted by Crippen LogP contribution is -2.57. The Morgan fingerprint density at radius 3 is 2.77 bits per heavy atom. The van der Waals surface area contributed by atoms with Crippen molar-refractivity contribution in [3.8, 4) is 5.88 Å². The Bertz CT molecular complexity index is 1390. The van der Waals surface area contributed by atoms with Gasteiger partial charge >= 0.3 is 0 Å². The van der Waals surface area contributed by atoms with Crippen molar-refractivity contribution in [1.82, 2.24) is 34.0 Å². The lowest BCUT2D eigenvalue weighted by Gasteiger charge is -2.38. The number of rotatable bonds is 4. The molecule has 0 aromatic carbocycles. The van der Waals surface area contributed by atoms with Gasteiger partial charge in [-0.2, -0.15) is 14.6 Å². The number of aromatic nitrogens is 6. The van der Waals surface area contributed by atoms with E-state index in [1.54, 1.807) is 29.3 Å². The van der Waals surface area contributed by atoms with Crippen LogP contribution in [0.25, 0.3) is 16.8 Å². The summed E-state index contributed by atoms with van der Waals surface area (Å²) in [6.45, 7) is 7.05. The molecule has 5 heterocycles. The minimum absolute atomic E-state index is 0.150. The summed E-state index contributed by atoms with van der Waals surface area (Å²) in [5.74, 6) is 0.686. The van der Waals surface area contributed by atoms with Crippen molar-refractivity contribution in [1.29, 1.82) is 0 Å². The third kappa shape index (κ3) is 3.20. The summed E-state index contributed by atoms with van der Waals surface area (Å²) < 4.78 is 9.37. The first kappa shape index (κ1) is 19.2. The van der Waals surface area contributed by atoms with Crippen LogP contribution in [0.4, 0.5) is 0 Å². The molecule has 10 nitrogen and oxygen atoms in total. The SMILES string of the molecule is CCn1cc(C(=O)N2CC(Oc3cc(C)nc4ncnn34)C2)c(=O)c2ccc(C)nc21. The van der Waals surface area contributed by atoms with Gasteiger partial charge in [0.15, 0.2) is 0 Å². The molecule has 4 aromatic rings. The Morgan fingerprint density at radius 2 is 2.00 bits per heavy atom. The van der Waals surface area contributed by atoms with Crippen LogP contribution in [0.15, 0.2) is 35.5 Å². The maximum Gasteiger partial charge on any atom is 0.259 e. The monoisotopic (exact) mass is 419 g/mol. The Kier molecular flexibility index (Phi) is 4.42. The zero-order valence-electron chi connectivity index (χ0n) is 17.4. The van der Waals surface area contributed by atoms with Gasteiger partial charge in [0, 0.05) is 30.2 Å². The van der Waals surface area contributed by atoms with Crippen LogP contribution in [0.3, 0.4) is 0 Å². The van der Waals surface area contributed by atoms with Gasteiger partial charge in [0.05, 0.1) is 18.5 Å². The second-order valence-electron chi connectivity index (χ2n) is 7.64. The second kappa shape index (κ2) is 7.15. The third-order valence-electron chi connectivity index (χ3n) is 5.40. The number of fused-ring (bicyclic) bond motifs is 2. The van der Waals surface area contributed by atoms with Gasteiger partial charge in [0.25, 0.3) is 11.7 Å². The topological polar surface area (TPSA) is 108 Å². The van der Waals surface area contributed by atoms with Crippen molar-refractivity contribution >= 4 is 22.7 Å². The molecule has 1 amide bonds. The third-order valence-corrected chi connectivity index (χ3v) is 5.40. The molecule has 1 fully saturated rings. The van der Waals surface area contributed by atoms with E-state index in [0.29, 0.717) is 42.3 Å². The van der Waals surface area contributed by atoms with Crippen molar-refractivity contribution in [3.05, 3.63) is 57.9 Å². The number of carbonyl (C=O) groups is 1. The molecule has 31 heavy (non-hydrogen) atoms. The number of nitrogens with zero attached hydrogens (tertiary/aromatic N) is 7. The lowest BCUT2D eigenvalue weighted by molar-refractivity contribution is 0.0149. The Balaban J connectivity index is 1.37. The molecule has 1 saturated heterocycles. The summed E-state index contributed by atoms with van der Waals surface area (Å²) >= 11 is 0. The van der Waals surface area contributed by atoms with Crippen LogP contribution in [0.2, 0.25) is 0 Å². The van der Waals surface area contributed by atoms with Gasteiger partial charge in [-0.05, 0) is 32.9 Å². The quantitative estimate of drug-likeness (QED) is 0.492. The second-order valence-corrected chi connectivity index (χ2v) is 7.64. The summed E-state index contributed by atoms with van der Waals surface area (Å²) in [7, 11) is 0. The first-order chi connectivity index (χ1) is 14.9. The molecule has 5 rings (SSSR count). The van der Waals surface area contributed by atoms with E-state index in [4.69, 9.17) is 4.74 Å². The largest absolute Gasteiger partial charge is 0.470 e. The number of hydrogen-bond donors (Lipinski definition) is 0. The highest BCUT2D eigenvalue weighted by molar-refractivity contribution is 5.97. The maximum atomic E-state index is 13.0. The molecule has 0 unspecified atom stereocenters. The van der Waals surface area contributed by atoms with Gasteiger partial charge in [-0.25, -0.2) is 9.97 Å². The summed E-state index contributed by atoms with van der Waals surface area (Å²) in [6, 6.07) is 5.30. The predicted octanol–water partition coefficient (Wildman–Crippen LogP) is 1.37. The molecule has 0 aliphatic carbocycles. The maximum absolute atomic E-state index is 13.0. The first-order valence-corrected chi connectivity index (χ1v) is 10.1. The van der Waals surface area contributed by atoms with Crippen LogP contribution >= 0.6 is 0 Å². The van der Waals surface area contributed by atoms with Crippen molar-refractivity contribution < 1.29 is 9.53 Å². The van der Waals surface area contributed by atoms with Crippen LogP contribution < -0.4 is 10.2 Å². The Labute approximate surface area is 177 Å². The van der Waals surface area contributed by atoms with Crippen LogP contribution in [-0.4, -0.2) is 59.1 Å². The zero-order chi connectivity index (χ0) is 21.7. The van der Waals surface area contributed by atoms with E-state index in [1.165, 1.54) is 10.8 Å². The number of aryl methyl sites for hydroxylation is 3. The van der Waals surface area contributed by atoms with E-state index in [0.717, 1.165) is 11.4 Å². The number of likely N-dealkylation sites (tertiary alicyclic amines) is 1. The van der Waals surface area contributed by atoms with Crippen molar-refractivity contribution in [2.45, 2.75) is 33.4 Å². The standard InChI is InChI=1S/C21H21N7O3/c1-4-26-10-16(18(29)15-6-5-12(2)24-19(15)26)20(30)27-8-14(9-27)31-17-7-13(3)25-21-22-11-23-28(17)21/h5-7,10-11,14H,4,8-9H2,1-3H3. The summed E-state index contributed by atoms with van der Waals surface area (Å²) in [5, 5.41) is 4.58. The minimum Gasteiger partial charge on any atom is -0.470 e. The van der Waals surface area contributed by atoms with Crippen molar-refractivity contribution in [2.75, 3.05) is 13.1 Å². The number of amides is 1. The van der Waals surface area contributed by atoms with Gasteiger partial charge in [-0.1, -0.05) is 0 Å². The Morgan fingerprint density at radius 1 is 1.19 bits per heavy atom. The summed E-state index contributed by atoms with van der Waals surface area (Å²) in [4.78, 5) is 40.5. The predicted molar refractivity (Wildman–Crippen MR) is 112 cm³/mol. The smallest absolute Gasteiger partial charge is 0.259 e. The molecule has 1 aliphatic heterocycles. The molecule has 0 atom stereocenters. The van der Waals surface area contributed by atoms with Crippen LogP contribution in [0.1, 0.15) is 28.7 Å². The molecule has 1 aliphatic rings. The average molecular weight is 419 g/mol. The number of carbonyl (C=O) groups excluding carboxylic acids is 1. The molecule has 4 aromatic heterocycles. The van der Waals surface area contributed by atoms with E-state index in [1.807, 2.05) is 25.3 Å². The molecule has 0 bridgehead atoms. The highest BCUT2D eigenvalue weighted by Gasteiger charge is 2.35. The number of pyridine rings is 2. The van der Waals surface area contributed by atoms with Crippen molar-refractivity contribution in [3.63, 3.8) is 0 Å². The fraction of sp³-hybridized carbons (Fsp3) is 0.333. The molecule has 0 spiro atoms. The van der Waals surface area contributed by atoms with Gasteiger partial charge in [0.2, 0.25) is 11.3 Å². The lowest BCUT2D eigenvalue weighted by atomic mass is 10.1. The van der Waals surface area contributed by atoms with E-state index < -0.39 is 0 Å². The summed E-state index contributed by atoms with van der Waals surface area (Å²) in [5.41, 5.74) is 2.04. The summed E-state index contributed by atoms with van der Waals surface area (Å²) in [6.07, 6.45) is 2.83. The molecular formula is C21H21N7O3. The highest BCUT2D eigenvalue weighted by Crippen LogP contribution is 2.21. The fourth-order valence-corrected chi connectivity index (χ4v) is 3.75. The molecule has 158 valence electrons. The van der Waals surface area contributed by atoms with Crippen LogP contribution in [0.5, 0.6) is 5.88 Å². The number of hydrogen-bond acceptors (Lipinski definition) is 7. The molecule has 10 heteroatoms. The van der Waals surface area contributed by atoms with Gasteiger partial charge in [0.1, 0.15) is 23.6 Å². The van der Waals surface area contributed by atoms with Gasteiger partial charge < -0.3 is 14.2 Å². The van der Waals surface area contributed by atoms with Gasteiger partial charge in [-0.15, -0.1) is 0 Å². The van der Waals surface area contributed by atoms with E-state index in [2.05, 4.69) is 20.1 Å². The fourth-order valence-electron chi connectivity index (χ4n) is 3.75. The van der Waals surface area contributed by atoms with E-state index in [-0.39, 0.29) is 23.0 Å². The highest BCUT2D eigenvalue weighted by atomic mass is 16.5. The Hall–Kier alpha value is -3.82. The molecule has 0 N–H and O–H groups in total. The van der Waals surface area contributed by atoms with E-state index >= 15 is 0 Å². The zero-order valence-corrected chi connectivity index (χ0v) is 17.4. The van der Waals surface area contributed by atoms with Crippen LogP contribution in [0, 0.1) is 13.8 Å². The molecule has 0 saturated carbocycles. The average Bonchev–Trinajstić information content (AvgIpc) is 3.18.